The number of nitrogens with zero attached hydrogens (tertiary/aromatic N) is 1. The quantitative estimate of drug-likeness (QED) is 0.500. The Morgan fingerprint density at radius 1 is 1.00 bits per heavy atom. The predicted molar refractivity (Wildman–Crippen MR) is 122 cm³/mol. The molecule has 10 heteroatoms. The van der Waals surface area contributed by atoms with Gasteiger partial charge in [-0.15, -0.1) is 0 Å². The first-order valence-corrected chi connectivity index (χ1v) is 10.5. The first kappa shape index (κ1) is 23.7. The second-order valence-electron chi connectivity index (χ2n) is 7.26. The Hall–Kier alpha value is -3.92. The Balaban J connectivity index is 1.46. The van der Waals surface area contributed by atoms with Crippen molar-refractivity contribution in [3.05, 3.63) is 54.1 Å². The van der Waals surface area contributed by atoms with E-state index in [-0.39, 0.29) is 25.7 Å². The van der Waals surface area contributed by atoms with E-state index in [0.29, 0.717) is 29.9 Å². The van der Waals surface area contributed by atoms with Crippen LogP contribution < -0.4 is 20.9 Å². The van der Waals surface area contributed by atoms with E-state index in [4.69, 9.17) is 9.47 Å². The van der Waals surface area contributed by atoms with E-state index < -0.39 is 17.9 Å². The number of hydrogen-bond acceptors (Lipinski definition) is 6. The minimum atomic E-state index is -0.636. The van der Waals surface area contributed by atoms with Crippen LogP contribution in [0, 0.1) is 0 Å². The first-order valence-electron chi connectivity index (χ1n) is 10.5. The molecule has 0 saturated carbocycles. The molecule has 0 radical (unpaired) electrons. The Morgan fingerprint density at radius 3 is 2.39 bits per heavy atom. The second-order valence-corrected chi connectivity index (χ2v) is 7.26. The van der Waals surface area contributed by atoms with Crippen LogP contribution in [0.4, 0.5) is 21.9 Å². The van der Waals surface area contributed by atoms with Crippen LogP contribution in [-0.2, 0) is 19.1 Å². The second kappa shape index (κ2) is 11.6. The van der Waals surface area contributed by atoms with E-state index in [1.165, 1.54) is 7.11 Å². The first-order chi connectivity index (χ1) is 16.0. The highest BCUT2D eigenvalue weighted by Crippen LogP contribution is 2.21. The van der Waals surface area contributed by atoms with Crippen molar-refractivity contribution in [3.8, 4) is 0 Å². The molecule has 174 valence electrons. The van der Waals surface area contributed by atoms with Crippen molar-refractivity contribution >= 4 is 40.9 Å². The van der Waals surface area contributed by atoms with Gasteiger partial charge in [-0.1, -0.05) is 6.07 Å². The number of nitrogens with one attached hydrogen (secondary N) is 3. The number of carbonyl (C=O) groups excluding carboxylic acids is 4. The number of carbonyl (C=O) groups is 4. The van der Waals surface area contributed by atoms with Gasteiger partial charge >= 0.3 is 6.09 Å². The standard InChI is InChI=1S/C23H26N4O6/c1-32-12-13-33-23(31)26-18-5-2-4-17(14-18)25-20(28)15-24-22(30)16-7-9-19(10-8-16)27-11-3-6-21(27)29/h2,4-5,7-10,14H,3,6,11-13,15H2,1H3,(H,24,30)(H,25,28)(H,26,31). The van der Waals surface area contributed by atoms with Crippen LogP contribution in [0.25, 0.3) is 0 Å². The third-order valence-electron chi connectivity index (χ3n) is 4.84. The van der Waals surface area contributed by atoms with Gasteiger partial charge in [0, 0.05) is 42.7 Å². The highest BCUT2D eigenvalue weighted by atomic mass is 16.6. The third-order valence-corrected chi connectivity index (χ3v) is 4.84. The van der Waals surface area contributed by atoms with Crippen molar-refractivity contribution in [2.75, 3.05) is 48.9 Å². The number of anilines is 3. The molecule has 3 rings (SSSR count). The monoisotopic (exact) mass is 454 g/mol. The molecule has 0 aromatic heterocycles. The van der Waals surface area contributed by atoms with Gasteiger partial charge in [0.15, 0.2) is 0 Å². The zero-order chi connectivity index (χ0) is 23.6. The fourth-order valence-electron chi connectivity index (χ4n) is 3.23. The molecular formula is C23H26N4O6. The van der Waals surface area contributed by atoms with Gasteiger partial charge in [0.1, 0.15) is 6.61 Å². The zero-order valence-electron chi connectivity index (χ0n) is 18.3. The minimum absolute atomic E-state index is 0.0751. The Kier molecular flexibility index (Phi) is 8.36. The maximum atomic E-state index is 12.3. The number of ether oxygens (including phenoxy) is 2. The van der Waals surface area contributed by atoms with Crippen molar-refractivity contribution < 1.29 is 28.7 Å². The lowest BCUT2D eigenvalue weighted by atomic mass is 10.2. The van der Waals surface area contributed by atoms with Gasteiger partial charge in [-0.25, -0.2) is 4.79 Å². The summed E-state index contributed by atoms with van der Waals surface area (Å²) in [6.45, 7) is 0.854. The molecule has 1 heterocycles. The molecule has 0 unspecified atom stereocenters. The summed E-state index contributed by atoms with van der Waals surface area (Å²) in [6, 6.07) is 13.2. The van der Waals surface area contributed by atoms with Gasteiger partial charge < -0.3 is 25.0 Å². The van der Waals surface area contributed by atoms with Crippen molar-refractivity contribution in [2.24, 2.45) is 0 Å². The van der Waals surface area contributed by atoms with E-state index in [1.54, 1.807) is 53.4 Å². The molecule has 0 aliphatic carbocycles. The molecule has 3 N–H and O–H groups in total. The number of benzene rings is 2. The highest BCUT2D eigenvalue weighted by molar-refractivity contribution is 6.00. The largest absolute Gasteiger partial charge is 0.447 e. The van der Waals surface area contributed by atoms with E-state index in [2.05, 4.69) is 16.0 Å². The molecule has 0 spiro atoms. The summed E-state index contributed by atoms with van der Waals surface area (Å²) in [4.78, 5) is 49.8. The number of hydrogen-bond donors (Lipinski definition) is 3. The molecule has 0 atom stereocenters. The molecule has 2 aromatic rings. The van der Waals surface area contributed by atoms with Crippen LogP contribution in [-0.4, -0.2) is 57.2 Å². The summed E-state index contributed by atoms with van der Waals surface area (Å²) >= 11 is 0. The number of methoxy groups -OCH3 is 1. The van der Waals surface area contributed by atoms with E-state index in [1.807, 2.05) is 0 Å². The molecule has 1 saturated heterocycles. The minimum Gasteiger partial charge on any atom is -0.447 e. The van der Waals surface area contributed by atoms with Crippen LogP contribution in [0.2, 0.25) is 0 Å². The smallest absolute Gasteiger partial charge is 0.411 e. The summed E-state index contributed by atoms with van der Waals surface area (Å²) in [5.74, 6) is -0.757. The summed E-state index contributed by atoms with van der Waals surface area (Å²) in [5.41, 5.74) is 2.03. The average molecular weight is 454 g/mol. The fraction of sp³-hybridized carbons (Fsp3) is 0.304. The molecule has 0 bridgehead atoms. The molecular weight excluding hydrogens is 428 g/mol. The van der Waals surface area contributed by atoms with Gasteiger partial charge in [0.2, 0.25) is 11.8 Å². The molecule has 33 heavy (non-hydrogen) atoms. The summed E-state index contributed by atoms with van der Waals surface area (Å²) in [7, 11) is 1.50. The molecule has 1 aliphatic rings. The Labute approximate surface area is 191 Å². The zero-order valence-corrected chi connectivity index (χ0v) is 18.3. The summed E-state index contributed by atoms with van der Waals surface area (Å²) < 4.78 is 9.73. The normalized spacial score (nSPS) is 12.9. The number of rotatable bonds is 9. The Morgan fingerprint density at radius 2 is 1.73 bits per heavy atom. The van der Waals surface area contributed by atoms with Gasteiger partial charge in [0.25, 0.3) is 5.91 Å². The van der Waals surface area contributed by atoms with Crippen LogP contribution in [0.15, 0.2) is 48.5 Å². The van der Waals surface area contributed by atoms with Crippen LogP contribution in [0.5, 0.6) is 0 Å². The lowest BCUT2D eigenvalue weighted by Gasteiger charge is -2.15. The van der Waals surface area contributed by atoms with Crippen LogP contribution in [0.1, 0.15) is 23.2 Å². The highest BCUT2D eigenvalue weighted by Gasteiger charge is 2.21. The lowest BCUT2D eigenvalue weighted by molar-refractivity contribution is -0.117. The van der Waals surface area contributed by atoms with Gasteiger partial charge in [0.05, 0.1) is 13.2 Å². The van der Waals surface area contributed by atoms with E-state index >= 15 is 0 Å². The Bertz CT molecular complexity index is 1010. The molecule has 10 nitrogen and oxygen atoms in total. The summed E-state index contributed by atoms with van der Waals surface area (Å²) in [6.07, 6.45) is 0.727. The SMILES string of the molecule is COCCOC(=O)Nc1cccc(NC(=O)CNC(=O)c2ccc(N3CCCC3=O)cc2)c1. The van der Waals surface area contributed by atoms with Crippen molar-refractivity contribution in [1.29, 1.82) is 0 Å². The fourth-order valence-corrected chi connectivity index (χ4v) is 3.23. The van der Waals surface area contributed by atoms with Crippen molar-refractivity contribution in [3.63, 3.8) is 0 Å². The van der Waals surface area contributed by atoms with Gasteiger partial charge in [-0.3, -0.25) is 19.7 Å². The van der Waals surface area contributed by atoms with Crippen LogP contribution >= 0.6 is 0 Å². The predicted octanol–water partition coefficient (Wildman–Crippen LogP) is 2.38. The van der Waals surface area contributed by atoms with Crippen LogP contribution in [0.3, 0.4) is 0 Å². The maximum Gasteiger partial charge on any atom is 0.411 e. The topological polar surface area (TPSA) is 126 Å². The molecule has 2 aromatic carbocycles. The number of amides is 4. The van der Waals surface area contributed by atoms with E-state index in [0.717, 1.165) is 12.1 Å². The van der Waals surface area contributed by atoms with Crippen molar-refractivity contribution in [2.45, 2.75) is 12.8 Å². The lowest BCUT2D eigenvalue weighted by Crippen LogP contribution is -2.33. The van der Waals surface area contributed by atoms with E-state index in [9.17, 15) is 19.2 Å². The average Bonchev–Trinajstić information content (AvgIpc) is 3.24. The van der Waals surface area contributed by atoms with Crippen molar-refractivity contribution in [1.82, 2.24) is 5.32 Å². The van der Waals surface area contributed by atoms with Gasteiger partial charge in [-0.05, 0) is 48.9 Å². The maximum absolute atomic E-state index is 12.3. The molecule has 4 amide bonds. The molecule has 1 fully saturated rings. The molecule has 1 aliphatic heterocycles. The summed E-state index contributed by atoms with van der Waals surface area (Å²) in [5, 5.41) is 7.77. The third kappa shape index (κ3) is 7.04. The van der Waals surface area contributed by atoms with Gasteiger partial charge in [-0.2, -0.15) is 0 Å².